The van der Waals surface area contributed by atoms with Gasteiger partial charge in [0.1, 0.15) is 5.60 Å². The number of nitrogens with one attached hydrogen (secondary N) is 1. The van der Waals surface area contributed by atoms with Gasteiger partial charge in [0.05, 0.1) is 12.6 Å². The number of fused-ring (bicyclic) bond motifs is 1. The molecule has 1 atom stereocenters. The zero-order chi connectivity index (χ0) is 18.8. The minimum absolute atomic E-state index is 0.220. The van der Waals surface area contributed by atoms with Gasteiger partial charge in [-0.15, -0.1) is 0 Å². The summed E-state index contributed by atoms with van der Waals surface area (Å²) in [5.41, 5.74) is -0.455. The van der Waals surface area contributed by atoms with Crippen molar-refractivity contribution in [2.75, 3.05) is 52.2 Å². The molecule has 2 saturated heterocycles. The van der Waals surface area contributed by atoms with E-state index in [1.807, 2.05) is 37.4 Å². The Morgan fingerprint density at radius 3 is 2.77 bits per heavy atom. The lowest BCUT2D eigenvalue weighted by molar-refractivity contribution is 0.0137. The molecule has 7 nitrogen and oxygen atoms in total. The van der Waals surface area contributed by atoms with E-state index < -0.39 is 5.60 Å². The summed E-state index contributed by atoms with van der Waals surface area (Å²) in [6, 6.07) is 0.249. The lowest BCUT2D eigenvalue weighted by Crippen LogP contribution is -2.58. The van der Waals surface area contributed by atoms with Crippen LogP contribution in [0.3, 0.4) is 0 Å². The third-order valence-electron chi connectivity index (χ3n) is 5.26. The Kier molecular flexibility index (Phi) is 5.91. The van der Waals surface area contributed by atoms with E-state index >= 15 is 0 Å². The summed E-state index contributed by atoms with van der Waals surface area (Å²) in [6.07, 6.45) is 4.11. The summed E-state index contributed by atoms with van der Waals surface area (Å²) in [7, 11) is 0. The number of rotatable bonds is 3. The number of carbonyl (C=O) groups excluding carboxylic acids is 1. The van der Waals surface area contributed by atoms with Crippen molar-refractivity contribution in [2.45, 2.75) is 50.0 Å². The molecule has 3 heterocycles. The number of thioether (sulfide) groups is 1. The first-order chi connectivity index (χ1) is 12.3. The third-order valence-corrected chi connectivity index (χ3v) is 6.68. The van der Waals surface area contributed by atoms with Crippen LogP contribution in [0.2, 0.25) is 0 Å². The van der Waals surface area contributed by atoms with Gasteiger partial charge in [-0.2, -0.15) is 11.8 Å². The Morgan fingerprint density at radius 1 is 1.38 bits per heavy atom. The van der Waals surface area contributed by atoms with E-state index in [1.165, 1.54) is 0 Å². The highest BCUT2D eigenvalue weighted by Gasteiger charge is 2.38. The number of ether oxygens (including phenoxy) is 2. The van der Waals surface area contributed by atoms with E-state index in [4.69, 9.17) is 14.5 Å². The monoisotopic (exact) mass is 384 g/mol. The molecule has 26 heavy (non-hydrogen) atoms. The van der Waals surface area contributed by atoms with E-state index in [0.29, 0.717) is 13.1 Å². The average Bonchev–Trinajstić information content (AvgIpc) is 3.01. The zero-order valence-electron chi connectivity index (χ0n) is 16.4. The van der Waals surface area contributed by atoms with Crippen LogP contribution in [-0.2, 0) is 9.47 Å². The van der Waals surface area contributed by atoms with Crippen LogP contribution < -0.4 is 5.32 Å². The summed E-state index contributed by atoms with van der Waals surface area (Å²) in [5.74, 6) is 0.985. The van der Waals surface area contributed by atoms with Crippen LogP contribution in [-0.4, -0.2) is 90.4 Å². The minimum Gasteiger partial charge on any atom is -0.444 e. The van der Waals surface area contributed by atoms with Crippen molar-refractivity contribution in [1.82, 2.24) is 15.1 Å². The van der Waals surface area contributed by atoms with Crippen LogP contribution >= 0.6 is 11.8 Å². The lowest BCUT2D eigenvalue weighted by Gasteiger charge is -2.40. The molecule has 3 rings (SSSR count). The number of hydrogen-bond donors (Lipinski definition) is 1. The Bertz CT molecular complexity index is 543. The van der Waals surface area contributed by atoms with E-state index in [9.17, 15) is 4.79 Å². The van der Waals surface area contributed by atoms with Gasteiger partial charge in [-0.3, -0.25) is 4.99 Å². The average molecular weight is 385 g/mol. The molecule has 0 aromatic rings. The molecule has 1 amide bonds. The first-order valence-corrected chi connectivity index (χ1v) is 10.7. The summed E-state index contributed by atoms with van der Waals surface area (Å²) >= 11 is 1.93. The molecule has 1 N–H and O–H groups in total. The Labute approximate surface area is 160 Å². The molecule has 0 saturated carbocycles. The van der Waals surface area contributed by atoms with E-state index in [0.717, 1.165) is 51.6 Å². The molecule has 0 aromatic heterocycles. The molecular weight excluding hydrogens is 352 g/mol. The fourth-order valence-electron chi connectivity index (χ4n) is 3.66. The highest BCUT2D eigenvalue weighted by molar-refractivity contribution is 8.00. The highest BCUT2D eigenvalue weighted by atomic mass is 32.2. The first-order valence-electron chi connectivity index (χ1n) is 9.48. The second-order valence-corrected chi connectivity index (χ2v) is 9.57. The van der Waals surface area contributed by atoms with Crippen molar-refractivity contribution in [2.24, 2.45) is 4.99 Å². The van der Waals surface area contributed by atoms with Gasteiger partial charge in [-0.25, -0.2) is 4.79 Å². The SMILES string of the molecule is CSC1(CNC2=NCC3CN(C(=O)OC(C)(C)C)CCN23)CCOCC1. The number of aliphatic imine (C=N–C) groups is 1. The van der Waals surface area contributed by atoms with Crippen LogP contribution in [0.15, 0.2) is 4.99 Å². The second kappa shape index (κ2) is 7.84. The van der Waals surface area contributed by atoms with Crippen LogP contribution in [0.4, 0.5) is 4.79 Å². The molecule has 8 heteroatoms. The Hall–Kier alpha value is -1.15. The van der Waals surface area contributed by atoms with E-state index in [1.54, 1.807) is 0 Å². The van der Waals surface area contributed by atoms with E-state index in [2.05, 4.69) is 16.5 Å². The molecule has 0 radical (unpaired) electrons. The van der Waals surface area contributed by atoms with Crippen LogP contribution in [0.25, 0.3) is 0 Å². The smallest absolute Gasteiger partial charge is 0.410 e. The maximum Gasteiger partial charge on any atom is 0.410 e. The highest BCUT2D eigenvalue weighted by Crippen LogP contribution is 2.33. The lowest BCUT2D eigenvalue weighted by atomic mass is 9.99. The predicted molar refractivity (Wildman–Crippen MR) is 105 cm³/mol. The van der Waals surface area contributed by atoms with Crippen LogP contribution in [0.1, 0.15) is 33.6 Å². The molecule has 1 unspecified atom stereocenters. The van der Waals surface area contributed by atoms with Crippen LogP contribution in [0.5, 0.6) is 0 Å². The molecule has 0 aliphatic carbocycles. The summed E-state index contributed by atoms with van der Waals surface area (Å²) < 4.78 is 11.3. The van der Waals surface area contributed by atoms with Crippen molar-refractivity contribution in [3.63, 3.8) is 0 Å². The minimum atomic E-state index is -0.455. The first kappa shape index (κ1) is 19.6. The van der Waals surface area contributed by atoms with Crippen molar-refractivity contribution in [3.8, 4) is 0 Å². The Morgan fingerprint density at radius 2 is 2.12 bits per heavy atom. The van der Waals surface area contributed by atoms with Gasteiger partial charge < -0.3 is 24.6 Å². The van der Waals surface area contributed by atoms with Crippen molar-refractivity contribution in [1.29, 1.82) is 0 Å². The Balaban J connectivity index is 1.51. The quantitative estimate of drug-likeness (QED) is 0.800. The molecule has 148 valence electrons. The third kappa shape index (κ3) is 4.57. The largest absolute Gasteiger partial charge is 0.444 e. The van der Waals surface area contributed by atoms with E-state index in [-0.39, 0.29) is 16.9 Å². The van der Waals surface area contributed by atoms with Gasteiger partial charge in [0.15, 0.2) is 5.96 Å². The molecule has 3 aliphatic rings. The maximum atomic E-state index is 12.3. The number of nitrogens with zero attached hydrogens (tertiary/aromatic N) is 3. The number of guanidine groups is 1. The molecule has 0 spiro atoms. The summed E-state index contributed by atoms with van der Waals surface area (Å²) in [4.78, 5) is 21.2. The molecule has 2 fully saturated rings. The fraction of sp³-hybridized carbons (Fsp3) is 0.889. The number of amides is 1. The predicted octanol–water partition coefficient (Wildman–Crippen LogP) is 1.78. The van der Waals surface area contributed by atoms with Gasteiger partial charge in [-0.05, 0) is 39.9 Å². The summed E-state index contributed by atoms with van der Waals surface area (Å²) in [5, 5.41) is 3.59. The fourth-order valence-corrected chi connectivity index (χ4v) is 4.45. The number of hydrogen-bond acceptors (Lipinski definition) is 7. The van der Waals surface area contributed by atoms with Crippen LogP contribution in [0, 0.1) is 0 Å². The van der Waals surface area contributed by atoms with Crippen molar-refractivity contribution < 1.29 is 14.3 Å². The molecule has 0 aromatic carbocycles. The van der Waals surface area contributed by atoms with Crippen molar-refractivity contribution in [3.05, 3.63) is 0 Å². The molecular formula is C18H32N4O3S. The zero-order valence-corrected chi connectivity index (χ0v) is 17.2. The van der Waals surface area contributed by atoms with Gasteiger partial charge in [0.25, 0.3) is 0 Å². The van der Waals surface area contributed by atoms with Gasteiger partial charge >= 0.3 is 6.09 Å². The van der Waals surface area contributed by atoms with Gasteiger partial charge in [-0.1, -0.05) is 0 Å². The van der Waals surface area contributed by atoms with Crippen molar-refractivity contribution >= 4 is 23.8 Å². The summed E-state index contributed by atoms with van der Waals surface area (Å²) in [6.45, 7) is 11.2. The molecule has 3 aliphatic heterocycles. The maximum absolute atomic E-state index is 12.3. The standard InChI is InChI=1S/C18H32N4O3S/c1-17(2,3)25-16(23)21-7-8-22-14(12-21)11-19-15(22)20-13-18(26-4)5-9-24-10-6-18/h14H,5-13H2,1-4H3,(H,19,20). The van der Waals surface area contributed by atoms with Gasteiger partial charge in [0.2, 0.25) is 0 Å². The topological polar surface area (TPSA) is 66.4 Å². The molecule has 0 bridgehead atoms. The number of piperazine rings is 1. The normalized spacial score (nSPS) is 25.5. The number of carbonyl (C=O) groups is 1. The second-order valence-electron chi connectivity index (χ2n) is 8.29. The van der Waals surface area contributed by atoms with Gasteiger partial charge in [0, 0.05) is 44.1 Å².